The van der Waals surface area contributed by atoms with Crippen LogP contribution >= 0.6 is 0 Å². The molecule has 0 saturated heterocycles. The van der Waals surface area contributed by atoms with Gasteiger partial charge >= 0.3 is 0 Å². The molecule has 3 aromatic carbocycles. The van der Waals surface area contributed by atoms with Crippen LogP contribution in [0.4, 0.5) is 5.69 Å². The van der Waals surface area contributed by atoms with E-state index < -0.39 is 10.0 Å². The van der Waals surface area contributed by atoms with Crippen molar-refractivity contribution >= 4 is 27.5 Å². The van der Waals surface area contributed by atoms with Gasteiger partial charge < -0.3 is 10.1 Å². The molecule has 8 heteroatoms. The molecule has 3 aromatic rings. The van der Waals surface area contributed by atoms with Crippen molar-refractivity contribution in [3.05, 3.63) is 84.4 Å². The number of ether oxygens (including phenoxy) is 1. The van der Waals surface area contributed by atoms with Crippen molar-refractivity contribution in [2.75, 3.05) is 11.9 Å². The number of benzene rings is 3. The number of hydrogen-bond acceptors (Lipinski definition) is 5. The Morgan fingerprint density at radius 2 is 1.61 bits per heavy atom. The number of hydrogen-bond donors (Lipinski definition) is 2. The van der Waals surface area contributed by atoms with Crippen molar-refractivity contribution in [3.8, 4) is 11.5 Å². The molecule has 7 nitrogen and oxygen atoms in total. The van der Waals surface area contributed by atoms with Crippen LogP contribution in [0.3, 0.4) is 0 Å². The van der Waals surface area contributed by atoms with E-state index in [2.05, 4.69) is 15.0 Å². The van der Waals surface area contributed by atoms with E-state index in [0.29, 0.717) is 41.6 Å². The highest BCUT2D eigenvalue weighted by molar-refractivity contribution is 7.90. The first kappa shape index (κ1) is 22.5. The molecule has 0 spiro atoms. The Hall–Kier alpha value is -3.65. The standard InChI is InChI=1S/C25H25N3O4S/c29-25(19-13-15-22(16-14-19)32-21-9-3-1-4-10-21)27-20-8-7-11-23(18-20)33(30,31)28-24-12-5-2-6-17-26-24/h1,3-4,7-11,13-16,18H,2,5-6,12,17H2,(H,26,28)(H,27,29). The van der Waals surface area contributed by atoms with Crippen LogP contribution in [0.25, 0.3) is 0 Å². The number of para-hydroxylation sites is 1. The predicted molar refractivity (Wildman–Crippen MR) is 128 cm³/mol. The number of amidine groups is 1. The number of amides is 1. The number of aliphatic imine (C=N–C) groups is 1. The lowest BCUT2D eigenvalue weighted by Crippen LogP contribution is -2.30. The van der Waals surface area contributed by atoms with E-state index in [1.807, 2.05) is 30.3 Å². The van der Waals surface area contributed by atoms with Gasteiger partial charge in [0.1, 0.15) is 17.3 Å². The van der Waals surface area contributed by atoms with Crippen LogP contribution < -0.4 is 14.8 Å². The number of anilines is 1. The van der Waals surface area contributed by atoms with Crippen LogP contribution in [-0.2, 0) is 10.0 Å². The molecular formula is C25H25N3O4S. The number of carbonyl (C=O) groups is 1. The monoisotopic (exact) mass is 463 g/mol. The third-order valence-corrected chi connectivity index (χ3v) is 6.50. The summed E-state index contributed by atoms with van der Waals surface area (Å²) in [4.78, 5) is 17.1. The van der Waals surface area contributed by atoms with Gasteiger partial charge in [0.05, 0.1) is 4.90 Å². The molecule has 33 heavy (non-hydrogen) atoms. The Bertz CT molecular complexity index is 1240. The Morgan fingerprint density at radius 1 is 0.848 bits per heavy atom. The number of rotatable bonds is 6. The third-order valence-electron chi connectivity index (χ3n) is 5.12. The Labute approximate surface area is 193 Å². The normalized spacial score (nSPS) is 14.0. The van der Waals surface area contributed by atoms with E-state index in [4.69, 9.17) is 4.74 Å². The van der Waals surface area contributed by atoms with Gasteiger partial charge in [0, 0.05) is 24.2 Å². The maximum Gasteiger partial charge on any atom is 0.262 e. The average molecular weight is 464 g/mol. The van der Waals surface area contributed by atoms with Crippen molar-refractivity contribution in [3.63, 3.8) is 0 Å². The van der Waals surface area contributed by atoms with Crippen LogP contribution in [0.1, 0.15) is 36.0 Å². The summed E-state index contributed by atoms with van der Waals surface area (Å²) in [6, 6.07) is 22.2. The molecule has 1 amide bonds. The van der Waals surface area contributed by atoms with Crippen molar-refractivity contribution in [2.24, 2.45) is 4.99 Å². The third kappa shape index (κ3) is 6.20. The van der Waals surface area contributed by atoms with Crippen molar-refractivity contribution in [1.82, 2.24) is 4.72 Å². The van der Waals surface area contributed by atoms with Gasteiger partial charge in [-0.15, -0.1) is 0 Å². The van der Waals surface area contributed by atoms with Crippen molar-refractivity contribution in [2.45, 2.75) is 30.6 Å². The fourth-order valence-corrected chi connectivity index (χ4v) is 4.55. The van der Waals surface area contributed by atoms with E-state index >= 15 is 0 Å². The second-order valence-electron chi connectivity index (χ2n) is 7.67. The fraction of sp³-hybridized carbons (Fsp3) is 0.200. The molecule has 0 saturated carbocycles. The molecule has 1 aliphatic heterocycles. The van der Waals surface area contributed by atoms with Gasteiger partial charge in [-0.05, 0) is 67.4 Å². The first-order valence-electron chi connectivity index (χ1n) is 10.8. The summed E-state index contributed by atoms with van der Waals surface area (Å²) >= 11 is 0. The largest absolute Gasteiger partial charge is 0.457 e. The van der Waals surface area contributed by atoms with E-state index in [1.165, 1.54) is 12.1 Å². The SMILES string of the molecule is O=C(Nc1cccc(S(=O)(=O)NC2=NCCCCC2)c1)c1ccc(Oc2ccccc2)cc1. The van der Waals surface area contributed by atoms with Gasteiger partial charge in [0.25, 0.3) is 15.9 Å². The average Bonchev–Trinajstić information content (AvgIpc) is 3.08. The molecule has 0 unspecified atom stereocenters. The molecule has 4 rings (SSSR count). The minimum absolute atomic E-state index is 0.0684. The van der Waals surface area contributed by atoms with Gasteiger partial charge in [0.15, 0.2) is 0 Å². The highest BCUT2D eigenvalue weighted by atomic mass is 32.2. The Balaban J connectivity index is 1.42. The molecule has 0 atom stereocenters. The molecule has 0 aliphatic carbocycles. The molecule has 0 radical (unpaired) electrons. The van der Waals surface area contributed by atoms with E-state index in [9.17, 15) is 13.2 Å². The summed E-state index contributed by atoms with van der Waals surface area (Å²) in [5.41, 5.74) is 0.810. The molecular weight excluding hydrogens is 438 g/mol. The molecule has 0 bridgehead atoms. The topological polar surface area (TPSA) is 96.9 Å². The van der Waals surface area contributed by atoms with Crippen LogP contribution in [0.15, 0.2) is 88.8 Å². The number of nitrogens with zero attached hydrogens (tertiary/aromatic N) is 1. The lowest BCUT2D eigenvalue weighted by atomic mass is 10.2. The molecule has 1 aliphatic rings. The molecule has 1 heterocycles. The van der Waals surface area contributed by atoms with Crippen molar-refractivity contribution in [1.29, 1.82) is 0 Å². The second kappa shape index (κ2) is 10.3. The highest BCUT2D eigenvalue weighted by Gasteiger charge is 2.18. The maximum atomic E-state index is 12.8. The lowest BCUT2D eigenvalue weighted by molar-refractivity contribution is 0.102. The quantitative estimate of drug-likeness (QED) is 0.539. The minimum Gasteiger partial charge on any atom is -0.457 e. The number of nitrogens with one attached hydrogen (secondary N) is 2. The highest BCUT2D eigenvalue weighted by Crippen LogP contribution is 2.22. The Kier molecular flexibility index (Phi) is 7.04. The van der Waals surface area contributed by atoms with Gasteiger partial charge in [-0.3, -0.25) is 14.5 Å². The summed E-state index contributed by atoms with van der Waals surface area (Å²) in [7, 11) is -3.78. The number of carbonyl (C=O) groups excluding carboxylic acids is 1. The zero-order valence-corrected chi connectivity index (χ0v) is 18.8. The van der Waals surface area contributed by atoms with Gasteiger partial charge in [-0.2, -0.15) is 0 Å². The fourth-order valence-electron chi connectivity index (χ4n) is 3.41. The van der Waals surface area contributed by atoms with E-state index in [1.54, 1.807) is 36.4 Å². The summed E-state index contributed by atoms with van der Waals surface area (Å²) in [5, 5.41) is 2.75. The summed E-state index contributed by atoms with van der Waals surface area (Å²) < 4.78 is 33.9. The molecule has 170 valence electrons. The van der Waals surface area contributed by atoms with Crippen LogP contribution in [0, 0.1) is 0 Å². The summed E-state index contributed by atoms with van der Waals surface area (Å²) in [6.45, 7) is 0.628. The minimum atomic E-state index is -3.78. The molecule has 2 N–H and O–H groups in total. The first-order valence-corrected chi connectivity index (χ1v) is 12.3. The van der Waals surface area contributed by atoms with Crippen molar-refractivity contribution < 1.29 is 17.9 Å². The van der Waals surface area contributed by atoms with Gasteiger partial charge in [0.2, 0.25) is 0 Å². The van der Waals surface area contributed by atoms with Gasteiger partial charge in [-0.1, -0.05) is 30.7 Å². The van der Waals surface area contributed by atoms with Crippen LogP contribution in [0.2, 0.25) is 0 Å². The zero-order chi connectivity index (χ0) is 23.1. The van der Waals surface area contributed by atoms with Crippen LogP contribution in [0.5, 0.6) is 11.5 Å². The summed E-state index contributed by atoms with van der Waals surface area (Å²) in [5.74, 6) is 1.45. The second-order valence-corrected chi connectivity index (χ2v) is 9.35. The maximum absolute atomic E-state index is 12.8. The zero-order valence-electron chi connectivity index (χ0n) is 18.0. The molecule has 0 aromatic heterocycles. The lowest BCUT2D eigenvalue weighted by Gasteiger charge is -2.11. The smallest absolute Gasteiger partial charge is 0.262 e. The van der Waals surface area contributed by atoms with E-state index in [-0.39, 0.29) is 10.8 Å². The first-order chi connectivity index (χ1) is 16.0. The van der Waals surface area contributed by atoms with Gasteiger partial charge in [-0.25, -0.2) is 8.42 Å². The summed E-state index contributed by atoms with van der Waals surface area (Å²) in [6.07, 6.45) is 3.52. The van der Waals surface area contributed by atoms with E-state index in [0.717, 1.165) is 19.3 Å². The number of sulfonamides is 1. The Morgan fingerprint density at radius 3 is 2.39 bits per heavy atom. The molecule has 0 fully saturated rings. The van der Waals surface area contributed by atoms with Crippen LogP contribution in [-0.4, -0.2) is 26.7 Å². The predicted octanol–water partition coefficient (Wildman–Crippen LogP) is 4.98.